The molecule has 1 N–H and O–H groups in total. The van der Waals surface area contributed by atoms with E-state index in [1.54, 1.807) is 43.5 Å². The van der Waals surface area contributed by atoms with Crippen LogP contribution in [0, 0.1) is 5.82 Å². The second-order valence-corrected chi connectivity index (χ2v) is 7.37. The molecule has 0 aromatic heterocycles. The van der Waals surface area contributed by atoms with Crippen LogP contribution in [-0.2, 0) is 4.79 Å². The molecule has 0 unspecified atom stereocenters. The Morgan fingerprint density at radius 2 is 2.04 bits per heavy atom. The third-order valence-corrected chi connectivity index (χ3v) is 5.40. The molecule has 140 valence electrons. The van der Waals surface area contributed by atoms with Gasteiger partial charge in [-0.1, -0.05) is 43.3 Å². The molecular weight excluding hydrogens is 363 g/mol. The number of hydrogen-bond acceptors (Lipinski definition) is 3. The number of amides is 2. The Morgan fingerprint density at radius 3 is 2.78 bits per heavy atom. The zero-order valence-corrected chi connectivity index (χ0v) is 16.1. The first-order chi connectivity index (χ1) is 13.0. The Morgan fingerprint density at radius 1 is 1.26 bits per heavy atom. The maximum absolute atomic E-state index is 13.9. The van der Waals surface area contributed by atoms with Crippen molar-refractivity contribution in [1.82, 2.24) is 5.32 Å². The molecule has 1 heterocycles. The summed E-state index contributed by atoms with van der Waals surface area (Å²) in [6.07, 6.45) is 3.50. The highest BCUT2D eigenvalue weighted by atomic mass is 32.2. The SMILES string of the molecule is CCCCNC(=O)c1ccc2c(c1)N(C)C(=O)/C(=C/c1ccccc1F)S2. The van der Waals surface area contributed by atoms with Crippen LogP contribution in [0.15, 0.2) is 52.3 Å². The fraction of sp³-hybridized carbons (Fsp3) is 0.238. The monoisotopic (exact) mass is 384 g/mol. The number of carbonyl (C=O) groups is 2. The average Bonchev–Trinajstić information content (AvgIpc) is 2.67. The summed E-state index contributed by atoms with van der Waals surface area (Å²) in [5, 5.41) is 2.88. The summed E-state index contributed by atoms with van der Waals surface area (Å²) in [6, 6.07) is 11.6. The fourth-order valence-corrected chi connectivity index (χ4v) is 3.83. The maximum Gasteiger partial charge on any atom is 0.264 e. The number of anilines is 1. The lowest BCUT2D eigenvalue weighted by molar-refractivity contribution is -0.114. The van der Waals surface area contributed by atoms with Crippen molar-refractivity contribution < 1.29 is 14.0 Å². The van der Waals surface area contributed by atoms with E-state index < -0.39 is 0 Å². The summed E-state index contributed by atoms with van der Waals surface area (Å²) >= 11 is 1.29. The number of benzene rings is 2. The molecule has 0 atom stereocenters. The van der Waals surface area contributed by atoms with Gasteiger partial charge in [-0.2, -0.15) is 0 Å². The van der Waals surface area contributed by atoms with Crippen molar-refractivity contribution in [1.29, 1.82) is 0 Å². The van der Waals surface area contributed by atoms with Gasteiger partial charge in [0.05, 0.1) is 10.6 Å². The quantitative estimate of drug-likeness (QED) is 0.611. The number of halogens is 1. The molecule has 27 heavy (non-hydrogen) atoms. The van der Waals surface area contributed by atoms with Crippen LogP contribution in [-0.4, -0.2) is 25.4 Å². The number of unbranched alkanes of at least 4 members (excludes halogenated alkanes) is 1. The van der Waals surface area contributed by atoms with Crippen molar-refractivity contribution in [2.75, 3.05) is 18.5 Å². The topological polar surface area (TPSA) is 49.4 Å². The number of likely N-dealkylation sites (N-methyl/N-ethyl adjacent to an activating group) is 1. The first kappa shape index (κ1) is 19.2. The molecule has 0 fully saturated rings. The minimum Gasteiger partial charge on any atom is -0.352 e. The molecule has 0 saturated carbocycles. The van der Waals surface area contributed by atoms with Crippen molar-refractivity contribution in [2.45, 2.75) is 24.7 Å². The standard InChI is InChI=1S/C21H21FN2O2S/c1-3-4-11-23-20(25)15-9-10-18-17(12-15)24(2)21(26)19(27-18)13-14-7-5-6-8-16(14)22/h5-10,12-13H,3-4,11H2,1-2H3,(H,23,25)/b19-13-. The molecule has 0 radical (unpaired) electrons. The third-order valence-electron chi connectivity index (χ3n) is 4.33. The zero-order valence-electron chi connectivity index (χ0n) is 15.3. The highest BCUT2D eigenvalue weighted by Crippen LogP contribution is 2.42. The molecular formula is C21H21FN2O2S. The summed E-state index contributed by atoms with van der Waals surface area (Å²) in [4.78, 5) is 27.8. The molecule has 0 saturated heterocycles. The summed E-state index contributed by atoms with van der Waals surface area (Å²) in [5.41, 5.74) is 1.57. The number of hydrogen-bond donors (Lipinski definition) is 1. The van der Waals surface area contributed by atoms with Gasteiger partial charge >= 0.3 is 0 Å². The largest absolute Gasteiger partial charge is 0.352 e. The van der Waals surface area contributed by atoms with Gasteiger partial charge in [-0.3, -0.25) is 9.59 Å². The van der Waals surface area contributed by atoms with Crippen molar-refractivity contribution >= 4 is 35.3 Å². The molecule has 0 bridgehead atoms. The summed E-state index contributed by atoms with van der Waals surface area (Å²) < 4.78 is 13.9. The molecule has 1 aliphatic heterocycles. The van der Waals surface area contributed by atoms with Crippen molar-refractivity contribution in [3.05, 3.63) is 64.3 Å². The van der Waals surface area contributed by atoms with Crippen LogP contribution in [0.25, 0.3) is 6.08 Å². The van der Waals surface area contributed by atoms with Crippen molar-refractivity contribution in [2.24, 2.45) is 0 Å². The van der Waals surface area contributed by atoms with Crippen LogP contribution in [0.1, 0.15) is 35.7 Å². The highest BCUT2D eigenvalue weighted by molar-refractivity contribution is 8.04. The summed E-state index contributed by atoms with van der Waals surface area (Å²) in [5.74, 6) is -0.741. The zero-order chi connectivity index (χ0) is 19.4. The van der Waals surface area contributed by atoms with Gasteiger partial charge in [0.15, 0.2) is 0 Å². The Labute approximate surface area is 162 Å². The number of carbonyl (C=O) groups excluding carboxylic acids is 2. The van der Waals surface area contributed by atoms with Gasteiger partial charge in [0, 0.05) is 29.6 Å². The Kier molecular flexibility index (Phi) is 5.96. The fourth-order valence-electron chi connectivity index (χ4n) is 2.75. The van der Waals surface area contributed by atoms with E-state index in [9.17, 15) is 14.0 Å². The second-order valence-electron chi connectivity index (χ2n) is 6.29. The molecule has 2 amide bonds. The van der Waals surface area contributed by atoms with Crippen LogP contribution < -0.4 is 10.2 Å². The first-order valence-electron chi connectivity index (χ1n) is 8.85. The molecule has 0 spiro atoms. The van der Waals surface area contributed by atoms with Crippen molar-refractivity contribution in [3.63, 3.8) is 0 Å². The predicted molar refractivity (Wildman–Crippen MR) is 107 cm³/mol. The lowest BCUT2D eigenvalue weighted by Crippen LogP contribution is -2.31. The van der Waals surface area contributed by atoms with E-state index in [1.165, 1.54) is 22.7 Å². The lowest BCUT2D eigenvalue weighted by atomic mass is 10.1. The first-order valence-corrected chi connectivity index (χ1v) is 9.67. The van der Waals surface area contributed by atoms with Crippen molar-refractivity contribution in [3.8, 4) is 0 Å². The second kappa shape index (κ2) is 8.39. The predicted octanol–water partition coefficient (Wildman–Crippen LogP) is 4.47. The number of rotatable bonds is 5. The summed E-state index contributed by atoms with van der Waals surface area (Å²) in [6.45, 7) is 2.70. The van der Waals surface area contributed by atoms with Gasteiger partial charge in [0.2, 0.25) is 0 Å². The van der Waals surface area contributed by atoms with Gasteiger partial charge in [-0.15, -0.1) is 0 Å². The lowest BCUT2D eigenvalue weighted by Gasteiger charge is -2.27. The maximum atomic E-state index is 13.9. The van der Waals surface area contributed by atoms with Gasteiger partial charge in [-0.05, 0) is 36.8 Å². The minimum atomic E-state index is -0.369. The van der Waals surface area contributed by atoms with Crippen LogP contribution >= 0.6 is 11.8 Å². The Hall–Kier alpha value is -2.60. The Balaban J connectivity index is 1.87. The summed E-state index contributed by atoms with van der Waals surface area (Å²) in [7, 11) is 1.66. The van der Waals surface area contributed by atoms with E-state index in [2.05, 4.69) is 12.2 Å². The number of thioether (sulfide) groups is 1. The molecule has 1 aliphatic rings. The van der Waals surface area contributed by atoms with Gasteiger partial charge in [0.25, 0.3) is 11.8 Å². The Bertz CT molecular complexity index is 911. The highest BCUT2D eigenvalue weighted by Gasteiger charge is 2.27. The molecule has 2 aromatic rings. The third kappa shape index (κ3) is 4.22. The van der Waals surface area contributed by atoms with E-state index >= 15 is 0 Å². The molecule has 6 heteroatoms. The molecule has 2 aromatic carbocycles. The normalized spacial score (nSPS) is 15.0. The van der Waals surface area contributed by atoms with Crippen LogP contribution in [0.2, 0.25) is 0 Å². The van der Waals surface area contributed by atoms with Crippen LogP contribution in [0.5, 0.6) is 0 Å². The van der Waals surface area contributed by atoms with Gasteiger partial charge < -0.3 is 10.2 Å². The number of nitrogens with one attached hydrogen (secondary N) is 1. The average molecular weight is 384 g/mol. The molecule has 3 rings (SSSR count). The molecule has 4 nitrogen and oxygen atoms in total. The van der Waals surface area contributed by atoms with E-state index in [-0.39, 0.29) is 17.6 Å². The van der Waals surface area contributed by atoms with E-state index in [0.717, 1.165) is 17.7 Å². The number of fused-ring (bicyclic) bond motifs is 1. The van der Waals surface area contributed by atoms with Crippen LogP contribution in [0.4, 0.5) is 10.1 Å². The van der Waals surface area contributed by atoms with E-state index in [4.69, 9.17) is 0 Å². The number of nitrogens with zero attached hydrogens (tertiary/aromatic N) is 1. The smallest absolute Gasteiger partial charge is 0.264 e. The van der Waals surface area contributed by atoms with Gasteiger partial charge in [0.1, 0.15) is 5.82 Å². The minimum absolute atomic E-state index is 0.148. The van der Waals surface area contributed by atoms with E-state index in [1.807, 2.05) is 6.07 Å². The van der Waals surface area contributed by atoms with Crippen LogP contribution in [0.3, 0.4) is 0 Å². The van der Waals surface area contributed by atoms with E-state index in [0.29, 0.717) is 28.3 Å². The van der Waals surface area contributed by atoms with Gasteiger partial charge in [-0.25, -0.2) is 4.39 Å². The molecule has 0 aliphatic carbocycles.